The highest BCUT2D eigenvalue weighted by Crippen LogP contribution is 2.10. The quantitative estimate of drug-likeness (QED) is 0.818. The number of carbonyl (C=O) groups is 2. The Balaban J connectivity index is 1.87. The van der Waals surface area contributed by atoms with Crippen molar-refractivity contribution in [2.24, 2.45) is 0 Å². The molecule has 6 nitrogen and oxygen atoms in total. The van der Waals surface area contributed by atoms with Crippen molar-refractivity contribution >= 4 is 11.8 Å². The number of rotatable bonds is 6. The van der Waals surface area contributed by atoms with E-state index in [2.05, 4.69) is 22.5 Å². The van der Waals surface area contributed by atoms with E-state index in [1.807, 2.05) is 0 Å². The summed E-state index contributed by atoms with van der Waals surface area (Å²) in [5.74, 6) is -0.608. The van der Waals surface area contributed by atoms with Gasteiger partial charge in [0.25, 0.3) is 5.91 Å². The molecule has 1 aliphatic rings. The van der Waals surface area contributed by atoms with Crippen molar-refractivity contribution in [3.8, 4) is 0 Å². The van der Waals surface area contributed by atoms with Crippen molar-refractivity contribution < 1.29 is 14.0 Å². The van der Waals surface area contributed by atoms with Crippen LogP contribution in [0.5, 0.6) is 0 Å². The molecular formula is C15H23N3O3. The van der Waals surface area contributed by atoms with E-state index in [-0.39, 0.29) is 18.2 Å². The number of furan rings is 1. The second kappa shape index (κ2) is 7.95. The maximum atomic E-state index is 12.0. The Morgan fingerprint density at radius 2 is 2.38 bits per heavy atom. The van der Waals surface area contributed by atoms with Gasteiger partial charge in [-0.05, 0) is 44.5 Å². The van der Waals surface area contributed by atoms with Gasteiger partial charge in [0.15, 0.2) is 5.76 Å². The molecule has 2 rings (SSSR count). The average molecular weight is 293 g/mol. The van der Waals surface area contributed by atoms with Gasteiger partial charge in [0.2, 0.25) is 5.91 Å². The third-order valence-corrected chi connectivity index (χ3v) is 3.64. The first-order valence-corrected chi connectivity index (χ1v) is 7.53. The summed E-state index contributed by atoms with van der Waals surface area (Å²) in [5.41, 5.74) is 0. The maximum absolute atomic E-state index is 12.0. The molecule has 0 radical (unpaired) electrons. The van der Waals surface area contributed by atoms with E-state index in [1.165, 1.54) is 12.3 Å². The van der Waals surface area contributed by atoms with Crippen LogP contribution in [0.1, 0.15) is 36.7 Å². The van der Waals surface area contributed by atoms with Crippen LogP contribution in [0.4, 0.5) is 0 Å². The molecule has 1 aromatic rings. The Hall–Kier alpha value is -1.66. The molecule has 6 heteroatoms. The number of imide groups is 1. The van der Waals surface area contributed by atoms with Gasteiger partial charge >= 0.3 is 0 Å². The third-order valence-electron chi connectivity index (χ3n) is 3.64. The summed E-state index contributed by atoms with van der Waals surface area (Å²) in [7, 11) is 0. The summed E-state index contributed by atoms with van der Waals surface area (Å²) in [6.45, 7) is 5.13. The lowest BCUT2D eigenvalue weighted by Gasteiger charge is -2.33. The standard InChI is InChI=1S/C15H23N3O3/c1-2-8-18(12-5-3-7-16-10-12)11-14(19)17-15(20)13-6-4-9-21-13/h4,6,9,12,16H,2-3,5,7-8,10-11H2,1H3,(H,17,19,20). The predicted molar refractivity (Wildman–Crippen MR) is 78.9 cm³/mol. The van der Waals surface area contributed by atoms with E-state index in [0.29, 0.717) is 6.04 Å². The van der Waals surface area contributed by atoms with Crippen molar-refractivity contribution in [3.63, 3.8) is 0 Å². The van der Waals surface area contributed by atoms with Crippen LogP contribution in [0, 0.1) is 0 Å². The van der Waals surface area contributed by atoms with Crippen molar-refractivity contribution in [1.29, 1.82) is 0 Å². The highest BCUT2D eigenvalue weighted by atomic mass is 16.3. The first kappa shape index (κ1) is 15.7. The number of carbonyl (C=O) groups excluding carboxylic acids is 2. The lowest BCUT2D eigenvalue weighted by Crippen LogP contribution is -2.50. The topological polar surface area (TPSA) is 74.6 Å². The van der Waals surface area contributed by atoms with Gasteiger partial charge in [0.05, 0.1) is 12.8 Å². The molecule has 2 N–H and O–H groups in total. The predicted octanol–water partition coefficient (Wildman–Crippen LogP) is 1.000. The number of hydrogen-bond donors (Lipinski definition) is 2. The molecule has 0 aromatic carbocycles. The van der Waals surface area contributed by atoms with Gasteiger partial charge in [-0.25, -0.2) is 0 Å². The van der Waals surface area contributed by atoms with Gasteiger partial charge < -0.3 is 9.73 Å². The molecule has 2 heterocycles. The molecule has 1 saturated heterocycles. The zero-order valence-electron chi connectivity index (χ0n) is 12.4. The lowest BCUT2D eigenvalue weighted by atomic mass is 10.1. The normalized spacial score (nSPS) is 18.7. The maximum Gasteiger partial charge on any atom is 0.293 e. The number of nitrogens with zero attached hydrogens (tertiary/aromatic N) is 1. The van der Waals surface area contributed by atoms with Crippen molar-refractivity contribution in [3.05, 3.63) is 24.2 Å². The van der Waals surface area contributed by atoms with Crippen LogP contribution in [-0.2, 0) is 4.79 Å². The van der Waals surface area contributed by atoms with E-state index in [0.717, 1.165) is 38.9 Å². The molecule has 116 valence electrons. The summed E-state index contributed by atoms with van der Waals surface area (Å²) in [5, 5.41) is 5.73. The summed E-state index contributed by atoms with van der Waals surface area (Å²) >= 11 is 0. The highest BCUT2D eigenvalue weighted by Gasteiger charge is 2.23. The molecule has 1 aromatic heterocycles. The fraction of sp³-hybridized carbons (Fsp3) is 0.600. The first-order chi connectivity index (χ1) is 10.2. The van der Waals surface area contributed by atoms with Gasteiger partial charge in [0, 0.05) is 12.6 Å². The Bertz CT molecular complexity index is 453. The minimum absolute atomic E-state index is 0.157. The largest absolute Gasteiger partial charge is 0.459 e. The van der Waals surface area contributed by atoms with Gasteiger partial charge in [-0.2, -0.15) is 0 Å². The highest BCUT2D eigenvalue weighted by molar-refractivity contribution is 6.03. The molecule has 1 unspecified atom stereocenters. The zero-order chi connectivity index (χ0) is 15.1. The first-order valence-electron chi connectivity index (χ1n) is 7.53. The number of amides is 2. The molecule has 2 amide bonds. The Morgan fingerprint density at radius 3 is 3.00 bits per heavy atom. The van der Waals surface area contributed by atoms with Gasteiger partial charge in [-0.3, -0.25) is 19.8 Å². The smallest absolute Gasteiger partial charge is 0.293 e. The third kappa shape index (κ3) is 4.68. The Kier molecular flexibility index (Phi) is 5.95. The van der Waals surface area contributed by atoms with E-state index < -0.39 is 5.91 Å². The van der Waals surface area contributed by atoms with Crippen LogP contribution in [-0.4, -0.2) is 48.9 Å². The average Bonchev–Trinajstić information content (AvgIpc) is 3.02. The van der Waals surface area contributed by atoms with Crippen LogP contribution in [0.2, 0.25) is 0 Å². The number of nitrogens with one attached hydrogen (secondary N) is 2. The van der Waals surface area contributed by atoms with E-state index >= 15 is 0 Å². The van der Waals surface area contributed by atoms with Crippen LogP contribution >= 0.6 is 0 Å². The summed E-state index contributed by atoms with van der Waals surface area (Å²) < 4.78 is 4.98. The summed E-state index contributed by atoms with van der Waals surface area (Å²) in [4.78, 5) is 26.0. The van der Waals surface area contributed by atoms with E-state index in [4.69, 9.17) is 4.42 Å². The van der Waals surface area contributed by atoms with E-state index in [1.54, 1.807) is 6.07 Å². The molecule has 21 heavy (non-hydrogen) atoms. The van der Waals surface area contributed by atoms with Crippen LogP contribution in [0.15, 0.2) is 22.8 Å². The molecular weight excluding hydrogens is 270 g/mol. The van der Waals surface area contributed by atoms with Crippen LogP contribution in [0.25, 0.3) is 0 Å². The second-order valence-corrected chi connectivity index (χ2v) is 5.33. The van der Waals surface area contributed by atoms with E-state index in [9.17, 15) is 9.59 Å². The fourth-order valence-electron chi connectivity index (χ4n) is 2.64. The molecule has 0 bridgehead atoms. The summed E-state index contributed by atoms with van der Waals surface area (Å²) in [6, 6.07) is 3.52. The van der Waals surface area contributed by atoms with Gasteiger partial charge in [-0.15, -0.1) is 0 Å². The fourth-order valence-corrected chi connectivity index (χ4v) is 2.64. The minimum atomic E-state index is -0.483. The molecule has 1 fully saturated rings. The van der Waals surface area contributed by atoms with Crippen molar-refractivity contribution in [2.45, 2.75) is 32.2 Å². The number of hydrogen-bond acceptors (Lipinski definition) is 5. The van der Waals surface area contributed by atoms with Crippen LogP contribution in [0.3, 0.4) is 0 Å². The zero-order valence-corrected chi connectivity index (χ0v) is 12.4. The Morgan fingerprint density at radius 1 is 1.52 bits per heavy atom. The SMILES string of the molecule is CCCN(CC(=O)NC(=O)c1ccco1)C1CCCNC1. The summed E-state index contributed by atoms with van der Waals surface area (Å²) in [6.07, 6.45) is 4.61. The molecule has 1 aliphatic heterocycles. The van der Waals surface area contributed by atoms with Crippen LogP contribution < -0.4 is 10.6 Å². The van der Waals surface area contributed by atoms with Crippen molar-refractivity contribution in [1.82, 2.24) is 15.5 Å². The monoisotopic (exact) mass is 293 g/mol. The Labute approximate surface area is 124 Å². The number of piperidine rings is 1. The molecule has 0 spiro atoms. The molecule has 0 saturated carbocycles. The minimum Gasteiger partial charge on any atom is -0.459 e. The molecule has 0 aliphatic carbocycles. The van der Waals surface area contributed by atoms with Crippen molar-refractivity contribution in [2.75, 3.05) is 26.2 Å². The van der Waals surface area contributed by atoms with Gasteiger partial charge in [-0.1, -0.05) is 6.92 Å². The van der Waals surface area contributed by atoms with Gasteiger partial charge in [0.1, 0.15) is 0 Å². The second-order valence-electron chi connectivity index (χ2n) is 5.33. The lowest BCUT2D eigenvalue weighted by molar-refractivity contribution is -0.122. The molecule has 1 atom stereocenters.